The van der Waals surface area contributed by atoms with Crippen molar-refractivity contribution < 1.29 is 4.79 Å². The second kappa shape index (κ2) is 5.94. The summed E-state index contributed by atoms with van der Waals surface area (Å²) in [6.07, 6.45) is 1.39. The summed E-state index contributed by atoms with van der Waals surface area (Å²) < 4.78 is 1.42. The lowest BCUT2D eigenvalue weighted by molar-refractivity contribution is 0.102. The van der Waals surface area contributed by atoms with Crippen LogP contribution in [0, 0.1) is 11.3 Å². The number of hydrogen-bond donors (Lipinski definition) is 2. The number of carbonyl (C=O) groups is 1. The number of hydrogen-bond acceptors (Lipinski definition) is 4. The standard InChI is InChI=1S/C15H11ClN6O/c1-22-14(10(7-17)8-18-22)19-15(23)13-6-12(20-21-13)9-2-4-11(16)5-3-9/h2-6,8H,1H3,(H,19,23)(H,20,21). The van der Waals surface area contributed by atoms with Gasteiger partial charge in [0.05, 0.1) is 11.9 Å². The van der Waals surface area contributed by atoms with Crippen molar-refractivity contribution in [3.05, 3.63) is 52.8 Å². The molecule has 0 atom stereocenters. The molecule has 0 radical (unpaired) electrons. The summed E-state index contributed by atoms with van der Waals surface area (Å²) in [6, 6.07) is 10.7. The number of aryl methyl sites for hydroxylation is 1. The molecular formula is C15H11ClN6O. The van der Waals surface area contributed by atoms with Crippen molar-refractivity contribution in [3.63, 3.8) is 0 Å². The fourth-order valence-corrected chi connectivity index (χ4v) is 2.18. The van der Waals surface area contributed by atoms with Gasteiger partial charge in [-0.3, -0.25) is 14.6 Å². The van der Waals surface area contributed by atoms with Gasteiger partial charge in [0.15, 0.2) is 0 Å². The monoisotopic (exact) mass is 326 g/mol. The van der Waals surface area contributed by atoms with E-state index in [-0.39, 0.29) is 5.69 Å². The van der Waals surface area contributed by atoms with Crippen LogP contribution in [-0.2, 0) is 7.05 Å². The molecule has 7 nitrogen and oxygen atoms in total. The minimum absolute atomic E-state index is 0.278. The van der Waals surface area contributed by atoms with E-state index in [1.54, 1.807) is 25.2 Å². The lowest BCUT2D eigenvalue weighted by Crippen LogP contribution is -2.15. The Balaban J connectivity index is 1.83. The van der Waals surface area contributed by atoms with Crippen molar-refractivity contribution in [1.29, 1.82) is 5.26 Å². The van der Waals surface area contributed by atoms with Gasteiger partial charge in [0.1, 0.15) is 23.1 Å². The lowest BCUT2D eigenvalue weighted by atomic mass is 10.1. The average Bonchev–Trinajstić information content (AvgIpc) is 3.16. The Hall–Kier alpha value is -3.11. The van der Waals surface area contributed by atoms with Gasteiger partial charge < -0.3 is 5.32 Å². The normalized spacial score (nSPS) is 10.3. The second-order valence-corrected chi connectivity index (χ2v) is 5.21. The Labute approximate surface area is 136 Å². The minimum atomic E-state index is -0.405. The van der Waals surface area contributed by atoms with Gasteiger partial charge in [0.25, 0.3) is 5.91 Å². The summed E-state index contributed by atoms with van der Waals surface area (Å²) in [4.78, 5) is 12.3. The molecule has 0 spiro atoms. The first-order valence-electron chi connectivity index (χ1n) is 6.63. The molecule has 0 unspecified atom stereocenters. The predicted octanol–water partition coefficient (Wildman–Crippen LogP) is 2.59. The number of H-pyrrole nitrogens is 1. The number of rotatable bonds is 3. The number of anilines is 1. The average molecular weight is 327 g/mol. The van der Waals surface area contributed by atoms with Crippen LogP contribution in [0.15, 0.2) is 36.5 Å². The Morgan fingerprint density at radius 2 is 2.13 bits per heavy atom. The fourth-order valence-electron chi connectivity index (χ4n) is 2.05. The molecule has 1 aromatic carbocycles. The highest BCUT2D eigenvalue weighted by molar-refractivity contribution is 6.30. The topological polar surface area (TPSA) is 99.4 Å². The van der Waals surface area contributed by atoms with Crippen LogP contribution in [-0.4, -0.2) is 25.9 Å². The van der Waals surface area contributed by atoms with Crippen LogP contribution < -0.4 is 5.32 Å². The van der Waals surface area contributed by atoms with Crippen molar-refractivity contribution in [2.45, 2.75) is 0 Å². The molecule has 0 aliphatic rings. The number of benzene rings is 1. The van der Waals surface area contributed by atoms with E-state index in [1.165, 1.54) is 10.9 Å². The zero-order chi connectivity index (χ0) is 16.4. The maximum atomic E-state index is 12.3. The Bertz CT molecular complexity index is 903. The number of nitriles is 1. The maximum Gasteiger partial charge on any atom is 0.274 e. The highest BCUT2D eigenvalue weighted by atomic mass is 35.5. The number of halogens is 1. The Morgan fingerprint density at radius 3 is 2.83 bits per heavy atom. The van der Waals surface area contributed by atoms with Crippen molar-refractivity contribution in [2.24, 2.45) is 7.05 Å². The number of aromatic amines is 1. The molecule has 3 aromatic rings. The maximum absolute atomic E-state index is 12.3. The molecule has 1 amide bonds. The molecule has 0 fully saturated rings. The van der Waals surface area contributed by atoms with Gasteiger partial charge in [0, 0.05) is 17.6 Å². The summed E-state index contributed by atoms with van der Waals surface area (Å²) in [5.74, 6) is -0.0713. The SMILES string of the molecule is Cn1ncc(C#N)c1NC(=O)c1cc(-c2ccc(Cl)cc2)n[nH]1. The molecule has 2 aromatic heterocycles. The summed E-state index contributed by atoms with van der Waals surface area (Å²) in [5.41, 5.74) is 2.03. The van der Waals surface area contributed by atoms with Crippen molar-refractivity contribution in [2.75, 3.05) is 5.32 Å². The number of nitrogens with zero attached hydrogens (tertiary/aromatic N) is 4. The quantitative estimate of drug-likeness (QED) is 0.772. The van der Waals surface area contributed by atoms with E-state index in [2.05, 4.69) is 20.6 Å². The van der Waals surface area contributed by atoms with Crippen LogP contribution in [0.3, 0.4) is 0 Å². The largest absolute Gasteiger partial charge is 0.304 e. The van der Waals surface area contributed by atoms with E-state index in [1.807, 2.05) is 18.2 Å². The van der Waals surface area contributed by atoms with Crippen LogP contribution >= 0.6 is 11.6 Å². The Morgan fingerprint density at radius 1 is 1.39 bits per heavy atom. The molecule has 0 aliphatic carbocycles. The molecule has 8 heteroatoms. The van der Waals surface area contributed by atoms with Crippen molar-refractivity contribution in [1.82, 2.24) is 20.0 Å². The van der Waals surface area contributed by atoms with E-state index < -0.39 is 5.91 Å². The van der Waals surface area contributed by atoms with Gasteiger partial charge in [-0.15, -0.1) is 0 Å². The summed E-state index contributed by atoms with van der Waals surface area (Å²) in [6.45, 7) is 0. The molecule has 3 rings (SSSR count). The fraction of sp³-hybridized carbons (Fsp3) is 0.0667. The summed E-state index contributed by atoms with van der Waals surface area (Å²) >= 11 is 5.85. The molecule has 0 saturated carbocycles. The van der Waals surface area contributed by atoms with Gasteiger partial charge in [-0.25, -0.2) is 0 Å². The highest BCUT2D eigenvalue weighted by Gasteiger charge is 2.15. The van der Waals surface area contributed by atoms with E-state index >= 15 is 0 Å². The first-order chi connectivity index (χ1) is 11.1. The first-order valence-corrected chi connectivity index (χ1v) is 7.01. The molecule has 0 bridgehead atoms. The molecule has 2 heterocycles. The third kappa shape index (κ3) is 2.93. The van der Waals surface area contributed by atoms with Crippen molar-refractivity contribution >= 4 is 23.3 Å². The first kappa shape index (κ1) is 14.8. The van der Waals surface area contributed by atoms with Gasteiger partial charge in [-0.05, 0) is 18.2 Å². The third-order valence-corrected chi connectivity index (χ3v) is 3.51. The van der Waals surface area contributed by atoms with Gasteiger partial charge in [-0.1, -0.05) is 23.7 Å². The van der Waals surface area contributed by atoms with E-state index in [9.17, 15) is 4.79 Å². The zero-order valence-electron chi connectivity index (χ0n) is 12.0. The molecule has 0 aliphatic heterocycles. The predicted molar refractivity (Wildman–Crippen MR) is 84.9 cm³/mol. The highest BCUT2D eigenvalue weighted by Crippen LogP contribution is 2.21. The summed E-state index contributed by atoms with van der Waals surface area (Å²) in [5, 5.41) is 23.0. The van der Waals surface area contributed by atoms with E-state index in [0.29, 0.717) is 22.1 Å². The smallest absolute Gasteiger partial charge is 0.274 e. The summed E-state index contributed by atoms with van der Waals surface area (Å²) in [7, 11) is 1.64. The van der Waals surface area contributed by atoms with Gasteiger partial charge in [-0.2, -0.15) is 15.5 Å². The number of carbonyl (C=O) groups excluding carboxylic acids is 1. The number of aromatic nitrogens is 4. The number of nitrogens with one attached hydrogen (secondary N) is 2. The van der Waals surface area contributed by atoms with Crippen molar-refractivity contribution in [3.8, 4) is 17.3 Å². The second-order valence-electron chi connectivity index (χ2n) is 4.77. The zero-order valence-corrected chi connectivity index (χ0v) is 12.8. The molecule has 23 heavy (non-hydrogen) atoms. The van der Waals surface area contributed by atoms with Gasteiger partial charge in [0.2, 0.25) is 0 Å². The lowest BCUT2D eigenvalue weighted by Gasteiger charge is -2.03. The number of amides is 1. The molecular weight excluding hydrogens is 316 g/mol. The van der Waals surface area contributed by atoms with Crippen LogP contribution in [0.1, 0.15) is 16.1 Å². The molecule has 114 valence electrons. The van der Waals surface area contributed by atoms with Crippen LogP contribution in [0.4, 0.5) is 5.82 Å². The third-order valence-electron chi connectivity index (χ3n) is 3.25. The van der Waals surface area contributed by atoms with E-state index in [4.69, 9.17) is 16.9 Å². The Kier molecular flexibility index (Phi) is 3.83. The molecule has 0 saturated heterocycles. The van der Waals surface area contributed by atoms with E-state index in [0.717, 1.165) is 5.56 Å². The van der Waals surface area contributed by atoms with Crippen LogP contribution in [0.5, 0.6) is 0 Å². The van der Waals surface area contributed by atoms with Gasteiger partial charge >= 0.3 is 0 Å². The molecule has 2 N–H and O–H groups in total. The van der Waals surface area contributed by atoms with Crippen LogP contribution in [0.25, 0.3) is 11.3 Å². The van der Waals surface area contributed by atoms with Crippen LogP contribution in [0.2, 0.25) is 5.02 Å². The minimum Gasteiger partial charge on any atom is -0.304 e.